The highest BCUT2D eigenvalue weighted by molar-refractivity contribution is 9.10. The van der Waals surface area contributed by atoms with Gasteiger partial charge in [-0.2, -0.15) is 0 Å². The lowest BCUT2D eigenvalue weighted by Gasteiger charge is -2.30. The first kappa shape index (κ1) is 19.7. The summed E-state index contributed by atoms with van der Waals surface area (Å²) in [6, 6.07) is 7.25. The van der Waals surface area contributed by atoms with E-state index in [4.69, 9.17) is 5.41 Å². The standard InChI is InChI=1S/C19H17BrFN5O2S/c1-10-18(22)26-16(9-29(10,27)28)14-7-13(2-3-15(14)21)25-19-17-11(4-5-23-19)6-12(20)8-24-17/h2-8,10,16H,9H2,1H3,(H2,22,26)(H,23,25)/t10-,16+/m1/s1. The van der Waals surface area contributed by atoms with Crippen LogP contribution in [0.3, 0.4) is 0 Å². The predicted molar refractivity (Wildman–Crippen MR) is 114 cm³/mol. The van der Waals surface area contributed by atoms with Crippen molar-refractivity contribution in [3.05, 3.63) is 58.6 Å². The van der Waals surface area contributed by atoms with Crippen LogP contribution in [0.15, 0.2) is 47.2 Å². The summed E-state index contributed by atoms with van der Waals surface area (Å²) in [4.78, 5) is 8.69. The molecule has 10 heteroatoms. The number of aromatic nitrogens is 2. The van der Waals surface area contributed by atoms with Gasteiger partial charge in [0.1, 0.15) is 22.4 Å². The van der Waals surface area contributed by atoms with Crippen LogP contribution in [0, 0.1) is 11.2 Å². The first-order chi connectivity index (χ1) is 13.7. The minimum atomic E-state index is -3.53. The summed E-state index contributed by atoms with van der Waals surface area (Å²) in [6.07, 6.45) is 3.30. The van der Waals surface area contributed by atoms with E-state index in [-0.39, 0.29) is 17.2 Å². The molecular formula is C19H17BrFN5O2S. The quantitative estimate of drug-likeness (QED) is 0.530. The Morgan fingerprint density at radius 3 is 2.83 bits per heavy atom. The smallest absolute Gasteiger partial charge is 0.162 e. The number of anilines is 2. The molecule has 7 nitrogen and oxygen atoms in total. The van der Waals surface area contributed by atoms with Gasteiger partial charge in [0.2, 0.25) is 0 Å². The van der Waals surface area contributed by atoms with Crippen molar-refractivity contribution >= 4 is 54.0 Å². The van der Waals surface area contributed by atoms with Gasteiger partial charge in [0, 0.05) is 33.5 Å². The molecule has 0 amide bonds. The maximum atomic E-state index is 14.5. The Balaban J connectivity index is 1.69. The monoisotopic (exact) mass is 477 g/mol. The highest BCUT2D eigenvalue weighted by Crippen LogP contribution is 2.29. The van der Waals surface area contributed by atoms with Crippen LogP contribution in [-0.4, -0.2) is 35.2 Å². The maximum absolute atomic E-state index is 14.5. The molecule has 0 aliphatic carbocycles. The Bertz CT molecular complexity index is 1230. The molecule has 1 saturated heterocycles. The van der Waals surface area contributed by atoms with Crippen LogP contribution >= 0.6 is 15.9 Å². The fourth-order valence-electron chi connectivity index (χ4n) is 3.22. The molecule has 0 spiro atoms. The van der Waals surface area contributed by atoms with Crippen molar-refractivity contribution < 1.29 is 12.8 Å². The topological polar surface area (TPSA) is 108 Å². The summed E-state index contributed by atoms with van der Waals surface area (Å²) in [5.41, 5.74) is 1.36. The molecule has 0 radical (unpaired) electrons. The van der Waals surface area contributed by atoms with Crippen LogP contribution < -0.4 is 10.6 Å². The molecular weight excluding hydrogens is 461 g/mol. The fraction of sp³-hybridized carbons (Fsp3) is 0.211. The predicted octanol–water partition coefficient (Wildman–Crippen LogP) is 3.70. The molecule has 4 rings (SSSR count). The number of benzene rings is 1. The number of hydrogen-bond acceptors (Lipinski definition) is 6. The number of pyridine rings is 2. The average Bonchev–Trinajstić information content (AvgIpc) is 2.67. The Hall–Kier alpha value is -2.59. The fourth-order valence-corrected chi connectivity index (χ4v) is 5.01. The third kappa shape index (κ3) is 3.82. The van der Waals surface area contributed by atoms with Crippen molar-refractivity contribution in [2.24, 2.45) is 0 Å². The molecule has 3 aromatic rings. The first-order valence-electron chi connectivity index (χ1n) is 8.78. The number of fused-ring (bicyclic) bond motifs is 1. The van der Waals surface area contributed by atoms with E-state index in [0.29, 0.717) is 17.0 Å². The van der Waals surface area contributed by atoms with Crippen molar-refractivity contribution in [2.45, 2.75) is 18.2 Å². The van der Waals surface area contributed by atoms with Crippen molar-refractivity contribution in [1.29, 1.82) is 5.41 Å². The summed E-state index contributed by atoms with van der Waals surface area (Å²) >= 11 is 3.39. The normalized spacial score (nSPS) is 21.0. The number of nitrogens with one attached hydrogen (secondary N) is 3. The highest BCUT2D eigenvalue weighted by Gasteiger charge is 2.36. The van der Waals surface area contributed by atoms with E-state index in [1.54, 1.807) is 18.5 Å². The molecule has 0 saturated carbocycles. The van der Waals surface area contributed by atoms with Gasteiger partial charge in [0.25, 0.3) is 0 Å². The van der Waals surface area contributed by atoms with Crippen molar-refractivity contribution in [3.8, 4) is 0 Å². The van der Waals surface area contributed by atoms with Gasteiger partial charge in [-0.1, -0.05) is 0 Å². The second-order valence-electron chi connectivity index (χ2n) is 6.83. The molecule has 29 heavy (non-hydrogen) atoms. The number of rotatable bonds is 3. The van der Waals surface area contributed by atoms with E-state index in [1.807, 2.05) is 12.1 Å². The average molecular weight is 478 g/mol. The SMILES string of the molecule is C[C@@H]1C(=N)N[C@H](c2cc(Nc3nccc4cc(Br)cnc34)ccc2F)CS1(=O)=O. The summed E-state index contributed by atoms with van der Waals surface area (Å²) in [6.45, 7) is 1.45. The van der Waals surface area contributed by atoms with Gasteiger partial charge in [-0.25, -0.2) is 17.8 Å². The molecule has 1 fully saturated rings. The molecule has 3 heterocycles. The van der Waals surface area contributed by atoms with E-state index in [0.717, 1.165) is 9.86 Å². The van der Waals surface area contributed by atoms with E-state index in [1.165, 1.54) is 19.1 Å². The van der Waals surface area contributed by atoms with Gasteiger partial charge >= 0.3 is 0 Å². The summed E-state index contributed by atoms with van der Waals surface area (Å²) in [5, 5.41) is 13.8. The zero-order chi connectivity index (χ0) is 20.8. The van der Waals surface area contributed by atoms with Crippen LogP contribution in [0.4, 0.5) is 15.9 Å². The minimum Gasteiger partial charge on any atom is -0.365 e. The molecule has 2 aromatic heterocycles. The van der Waals surface area contributed by atoms with Gasteiger partial charge in [0.15, 0.2) is 15.7 Å². The van der Waals surface area contributed by atoms with Crippen LogP contribution in [0.1, 0.15) is 18.5 Å². The summed E-state index contributed by atoms with van der Waals surface area (Å²) in [5.74, 6) is -0.458. The number of sulfone groups is 1. The van der Waals surface area contributed by atoms with E-state index in [2.05, 4.69) is 36.5 Å². The van der Waals surface area contributed by atoms with Gasteiger partial charge in [-0.3, -0.25) is 10.4 Å². The zero-order valence-electron chi connectivity index (χ0n) is 15.3. The zero-order valence-corrected chi connectivity index (χ0v) is 17.7. The van der Waals surface area contributed by atoms with Crippen LogP contribution in [-0.2, 0) is 9.84 Å². The molecule has 1 aliphatic heterocycles. The second kappa shape index (κ2) is 7.34. The second-order valence-corrected chi connectivity index (χ2v) is 10.1. The Morgan fingerprint density at radius 2 is 2.07 bits per heavy atom. The highest BCUT2D eigenvalue weighted by atomic mass is 79.9. The molecule has 1 aromatic carbocycles. The Labute approximate surface area is 175 Å². The molecule has 1 aliphatic rings. The van der Waals surface area contributed by atoms with Gasteiger partial charge in [0.05, 0.1) is 11.8 Å². The van der Waals surface area contributed by atoms with Crippen LogP contribution in [0.2, 0.25) is 0 Å². The van der Waals surface area contributed by atoms with Crippen molar-refractivity contribution in [1.82, 2.24) is 15.3 Å². The minimum absolute atomic E-state index is 0.135. The van der Waals surface area contributed by atoms with Crippen LogP contribution in [0.5, 0.6) is 0 Å². The van der Waals surface area contributed by atoms with Crippen molar-refractivity contribution in [2.75, 3.05) is 11.1 Å². The first-order valence-corrected chi connectivity index (χ1v) is 11.3. The molecule has 3 N–H and O–H groups in total. The third-order valence-electron chi connectivity index (χ3n) is 4.87. The molecule has 0 unspecified atom stereocenters. The van der Waals surface area contributed by atoms with E-state index in [9.17, 15) is 12.8 Å². The van der Waals surface area contributed by atoms with E-state index < -0.39 is 26.9 Å². The summed E-state index contributed by atoms with van der Waals surface area (Å²) < 4.78 is 39.9. The maximum Gasteiger partial charge on any atom is 0.162 e. The molecule has 0 bridgehead atoms. The largest absolute Gasteiger partial charge is 0.365 e. The lowest BCUT2D eigenvalue weighted by Crippen LogP contribution is -2.49. The van der Waals surface area contributed by atoms with Crippen LogP contribution in [0.25, 0.3) is 10.9 Å². The number of hydrogen-bond donors (Lipinski definition) is 3. The number of amidine groups is 1. The molecule has 150 valence electrons. The van der Waals surface area contributed by atoms with Gasteiger partial charge < -0.3 is 10.6 Å². The molecule has 2 atom stereocenters. The van der Waals surface area contributed by atoms with Gasteiger partial charge in [-0.05, 0) is 53.2 Å². The van der Waals surface area contributed by atoms with Crippen molar-refractivity contribution in [3.63, 3.8) is 0 Å². The summed E-state index contributed by atoms with van der Waals surface area (Å²) in [7, 11) is -3.53. The number of halogens is 2. The Morgan fingerprint density at radius 1 is 1.28 bits per heavy atom. The Kier molecular flexibility index (Phi) is 4.99. The lowest BCUT2D eigenvalue weighted by molar-refractivity contribution is 0.547. The van der Waals surface area contributed by atoms with Gasteiger partial charge in [-0.15, -0.1) is 0 Å². The van der Waals surface area contributed by atoms with E-state index >= 15 is 0 Å². The third-order valence-corrected chi connectivity index (χ3v) is 7.42. The lowest BCUT2D eigenvalue weighted by atomic mass is 10.1. The number of nitrogens with zero attached hydrogens (tertiary/aromatic N) is 2.